The summed E-state index contributed by atoms with van der Waals surface area (Å²) in [6.07, 6.45) is 2.14. The van der Waals surface area contributed by atoms with Crippen molar-refractivity contribution in [2.24, 2.45) is 0 Å². The van der Waals surface area contributed by atoms with E-state index in [1.54, 1.807) is 23.5 Å². The highest BCUT2D eigenvalue weighted by molar-refractivity contribution is 9.10. The van der Waals surface area contributed by atoms with Gasteiger partial charge in [-0.1, -0.05) is 17.3 Å². The summed E-state index contributed by atoms with van der Waals surface area (Å²) in [5.41, 5.74) is 0.644. The van der Waals surface area contributed by atoms with Crippen molar-refractivity contribution in [3.63, 3.8) is 0 Å². The maximum absolute atomic E-state index is 13.4. The molecule has 3 aromatic rings. The fourth-order valence-corrected chi connectivity index (χ4v) is 4.71. The molecule has 0 radical (unpaired) electrons. The molecule has 1 aromatic carbocycles. The van der Waals surface area contributed by atoms with Crippen molar-refractivity contribution in [2.75, 3.05) is 13.1 Å². The van der Waals surface area contributed by atoms with Crippen molar-refractivity contribution in [1.82, 2.24) is 15.0 Å². The van der Waals surface area contributed by atoms with Crippen LogP contribution in [0.2, 0.25) is 0 Å². The fraction of sp³-hybridized carbons (Fsp3) is 0.333. The number of likely N-dealkylation sites (tertiary alicyclic amines) is 1. The lowest BCUT2D eigenvalue weighted by atomic mass is 9.98. The lowest BCUT2D eigenvalue weighted by Crippen LogP contribution is -2.33. The normalized spacial score (nSPS) is 18.6. The number of aromatic nitrogens is 2. The van der Waals surface area contributed by atoms with E-state index >= 15 is 0 Å². The van der Waals surface area contributed by atoms with Gasteiger partial charge in [0.1, 0.15) is 5.82 Å². The maximum atomic E-state index is 13.4. The van der Waals surface area contributed by atoms with Crippen LogP contribution in [0.25, 0.3) is 11.4 Å². The minimum Gasteiger partial charge on any atom is -0.339 e. The molecule has 0 amide bonds. The van der Waals surface area contributed by atoms with Gasteiger partial charge in [0.15, 0.2) is 0 Å². The van der Waals surface area contributed by atoms with Gasteiger partial charge in [-0.15, -0.1) is 11.3 Å². The van der Waals surface area contributed by atoms with Gasteiger partial charge in [0.25, 0.3) is 0 Å². The second kappa shape index (κ2) is 7.35. The lowest BCUT2D eigenvalue weighted by Gasteiger charge is -2.30. The average molecular weight is 422 g/mol. The lowest BCUT2D eigenvalue weighted by molar-refractivity contribution is 0.181. The topological polar surface area (TPSA) is 42.2 Å². The third kappa shape index (κ3) is 3.83. The molecule has 1 atom stereocenters. The Balaban J connectivity index is 1.47. The van der Waals surface area contributed by atoms with Crippen molar-refractivity contribution in [3.8, 4) is 11.4 Å². The largest absolute Gasteiger partial charge is 0.339 e. The molecular formula is C18H17BrFN3OS. The van der Waals surface area contributed by atoms with Crippen molar-refractivity contribution >= 4 is 27.3 Å². The third-order valence-electron chi connectivity index (χ3n) is 4.44. The van der Waals surface area contributed by atoms with Gasteiger partial charge in [-0.3, -0.25) is 4.90 Å². The van der Waals surface area contributed by atoms with E-state index in [1.165, 1.54) is 21.5 Å². The van der Waals surface area contributed by atoms with Crippen molar-refractivity contribution in [1.29, 1.82) is 0 Å². The van der Waals surface area contributed by atoms with E-state index in [1.807, 2.05) is 0 Å². The predicted octanol–water partition coefficient (Wildman–Crippen LogP) is 5.08. The van der Waals surface area contributed by atoms with Crippen LogP contribution in [-0.2, 0) is 6.54 Å². The molecule has 25 heavy (non-hydrogen) atoms. The molecule has 130 valence electrons. The molecule has 4 rings (SSSR count). The zero-order chi connectivity index (χ0) is 17.2. The minimum atomic E-state index is -0.297. The van der Waals surface area contributed by atoms with Crippen LogP contribution < -0.4 is 0 Å². The van der Waals surface area contributed by atoms with Crippen molar-refractivity contribution in [3.05, 3.63) is 56.8 Å². The Labute approximate surface area is 157 Å². The summed E-state index contributed by atoms with van der Waals surface area (Å²) in [6.45, 7) is 2.90. The smallest absolute Gasteiger partial charge is 0.231 e. The summed E-state index contributed by atoms with van der Waals surface area (Å²) in [5.74, 6) is 1.03. The molecular weight excluding hydrogens is 405 g/mol. The van der Waals surface area contributed by atoms with Crippen LogP contribution in [0, 0.1) is 5.82 Å². The van der Waals surface area contributed by atoms with E-state index in [2.05, 4.69) is 42.4 Å². The van der Waals surface area contributed by atoms with Gasteiger partial charge in [0, 0.05) is 28.0 Å². The summed E-state index contributed by atoms with van der Waals surface area (Å²) < 4.78 is 20.0. The Morgan fingerprint density at radius 3 is 3.08 bits per heavy atom. The Hall–Kier alpha value is -1.57. The predicted molar refractivity (Wildman–Crippen MR) is 99.0 cm³/mol. The molecule has 2 aromatic heterocycles. The molecule has 3 heterocycles. The van der Waals surface area contributed by atoms with Gasteiger partial charge in [-0.05, 0) is 58.9 Å². The van der Waals surface area contributed by atoms with E-state index in [0.29, 0.717) is 17.3 Å². The molecule has 0 bridgehead atoms. The van der Waals surface area contributed by atoms with Gasteiger partial charge >= 0.3 is 0 Å². The molecule has 0 N–H and O–H groups in total. The highest BCUT2D eigenvalue weighted by Gasteiger charge is 2.26. The molecule has 0 spiro atoms. The second-order valence-electron chi connectivity index (χ2n) is 6.23. The summed E-state index contributed by atoms with van der Waals surface area (Å²) >= 11 is 5.37. The first-order valence-corrected chi connectivity index (χ1v) is 9.90. The monoisotopic (exact) mass is 421 g/mol. The van der Waals surface area contributed by atoms with E-state index in [-0.39, 0.29) is 11.7 Å². The summed E-state index contributed by atoms with van der Waals surface area (Å²) in [6, 6.07) is 8.37. The Morgan fingerprint density at radius 1 is 1.36 bits per heavy atom. The first-order valence-electron chi connectivity index (χ1n) is 8.23. The Kier molecular flexibility index (Phi) is 4.96. The molecule has 1 aliphatic heterocycles. The van der Waals surface area contributed by atoms with Crippen LogP contribution in [0.4, 0.5) is 4.39 Å². The number of nitrogens with zero attached hydrogens (tertiary/aromatic N) is 3. The number of hydrogen-bond acceptors (Lipinski definition) is 5. The SMILES string of the molecule is Fc1cccc(-c2noc(C3CCCN(Cc4sccc4Br)C3)n2)c1. The first kappa shape index (κ1) is 16.9. The number of benzene rings is 1. The molecule has 1 aliphatic rings. The van der Waals surface area contributed by atoms with Crippen molar-refractivity contribution < 1.29 is 8.91 Å². The zero-order valence-corrected chi connectivity index (χ0v) is 15.9. The number of halogens is 2. The fourth-order valence-electron chi connectivity index (χ4n) is 3.19. The van der Waals surface area contributed by atoms with E-state index in [4.69, 9.17) is 4.52 Å². The highest BCUT2D eigenvalue weighted by Crippen LogP contribution is 2.30. The van der Waals surface area contributed by atoms with Crippen LogP contribution in [0.3, 0.4) is 0 Å². The summed E-state index contributed by atoms with van der Waals surface area (Å²) in [5, 5.41) is 6.14. The molecule has 1 fully saturated rings. The number of piperidine rings is 1. The Bertz CT molecular complexity index is 865. The van der Waals surface area contributed by atoms with Gasteiger partial charge < -0.3 is 4.52 Å². The molecule has 0 aliphatic carbocycles. The molecule has 0 saturated carbocycles. The minimum absolute atomic E-state index is 0.224. The number of rotatable bonds is 4. The number of thiophene rings is 1. The van der Waals surface area contributed by atoms with Gasteiger partial charge in [0.2, 0.25) is 11.7 Å². The number of hydrogen-bond donors (Lipinski definition) is 0. The van der Waals surface area contributed by atoms with Gasteiger partial charge in [0.05, 0.1) is 5.92 Å². The maximum Gasteiger partial charge on any atom is 0.231 e. The van der Waals surface area contributed by atoms with Gasteiger partial charge in [-0.2, -0.15) is 4.98 Å². The average Bonchev–Trinajstić information content (AvgIpc) is 3.25. The molecule has 1 saturated heterocycles. The molecule has 7 heteroatoms. The van der Waals surface area contributed by atoms with Crippen LogP contribution in [0.5, 0.6) is 0 Å². The van der Waals surface area contributed by atoms with Crippen molar-refractivity contribution in [2.45, 2.75) is 25.3 Å². The van der Waals surface area contributed by atoms with E-state index in [0.717, 1.165) is 32.5 Å². The van der Waals surface area contributed by atoms with Gasteiger partial charge in [-0.25, -0.2) is 4.39 Å². The van der Waals surface area contributed by atoms with E-state index < -0.39 is 0 Å². The highest BCUT2D eigenvalue weighted by atomic mass is 79.9. The summed E-state index contributed by atoms with van der Waals surface area (Å²) in [4.78, 5) is 8.28. The van der Waals surface area contributed by atoms with E-state index in [9.17, 15) is 4.39 Å². The Morgan fingerprint density at radius 2 is 2.28 bits per heavy atom. The zero-order valence-electron chi connectivity index (χ0n) is 13.5. The summed E-state index contributed by atoms with van der Waals surface area (Å²) in [7, 11) is 0. The van der Waals surface area contributed by atoms with Crippen LogP contribution >= 0.6 is 27.3 Å². The molecule has 1 unspecified atom stereocenters. The molecule has 4 nitrogen and oxygen atoms in total. The first-order chi connectivity index (χ1) is 12.2. The van der Waals surface area contributed by atoms with Crippen LogP contribution in [0.15, 0.2) is 44.7 Å². The van der Waals surface area contributed by atoms with Crippen LogP contribution in [-0.4, -0.2) is 28.1 Å². The standard InChI is InChI=1S/C18H17BrFN3OS/c19-15-6-8-25-16(15)11-23-7-2-4-13(10-23)18-21-17(22-24-18)12-3-1-5-14(20)9-12/h1,3,5-6,8-9,13H,2,4,7,10-11H2. The van der Waals surface area contributed by atoms with Crippen LogP contribution in [0.1, 0.15) is 29.5 Å². The quantitative estimate of drug-likeness (QED) is 0.588. The third-order valence-corrected chi connectivity index (χ3v) is 6.35. The second-order valence-corrected chi connectivity index (χ2v) is 8.09.